The number of carboxylic acid groups (broad SMARTS) is 1. The highest BCUT2D eigenvalue weighted by Crippen LogP contribution is 2.40. The molecule has 0 fully saturated rings. The fraction of sp³-hybridized carbons (Fsp3) is 0.350. The standard InChI is InChI=1S/C20H18F6O4/c1-2-29-17(10-18(27)28)13-4-6-14(7-5-13)30-11-12-3-8-15(19(21,22)23)16(9-12)20(24,25)26/h3-9,17H,2,10-11H2,1H3,(H,27,28)/t17-/m0/s1. The van der Waals surface area contributed by atoms with Crippen molar-refractivity contribution in [2.24, 2.45) is 0 Å². The first-order valence-corrected chi connectivity index (χ1v) is 8.75. The van der Waals surface area contributed by atoms with Crippen LogP contribution >= 0.6 is 0 Å². The van der Waals surface area contributed by atoms with Gasteiger partial charge < -0.3 is 14.6 Å². The quantitative estimate of drug-likeness (QED) is 0.527. The van der Waals surface area contributed by atoms with Gasteiger partial charge in [0.2, 0.25) is 0 Å². The van der Waals surface area contributed by atoms with Gasteiger partial charge >= 0.3 is 18.3 Å². The highest BCUT2D eigenvalue weighted by Gasteiger charge is 2.43. The van der Waals surface area contributed by atoms with E-state index in [1.54, 1.807) is 19.1 Å². The molecule has 2 aromatic rings. The summed E-state index contributed by atoms with van der Waals surface area (Å²) in [7, 11) is 0. The van der Waals surface area contributed by atoms with Crippen molar-refractivity contribution in [2.45, 2.75) is 38.4 Å². The molecule has 0 unspecified atom stereocenters. The van der Waals surface area contributed by atoms with Gasteiger partial charge in [0.15, 0.2) is 0 Å². The summed E-state index contributed by atoms with van der Waals surface area (Å²) in [5, 5.41) is 8.93. The van der Waals surface area contributed by atoms with E-state index in [-0.39, 0.29) is 24.3 Å². The van der Waals surface area contributed by atoms with E-state index in [0.29, 0.717) is 24.3 Å². The molecule has 0 spiro atoms. The Bertz CT molecular complexity index is 859. The fourth-order valence-corrected chi connectivity index (χ4v) is 2.74. The summed E-state index contributed by atoms with van der Waals surface area (Å²) in [5.74, 6) is -0.797. The molecule has 0 heterocycles. The first-order chi connectivity index (χ1) is 13.9. The van der Waals surface area contributed by atoms with E-state index in [1.807, 2.05) is 0 Å². The van der Waals surface area contributed by atoms with Crippen LogP contribution in [0.2, 0.25) is 0 Å². The van der Waals surface area contributed by atoms with E-state index in [9.17, 15) is 31.1 Å². The molecule has 2 aromatic carbocycles. The van der Waals surface area contributed by atoms with Crippen LogP contribution in [0.15, 0.2) is 42.5 Å². The summed E-state index contributed by atoms with van der Waals surface area (Å²) in [5.41, 5.74) is -3.05. The van der Waals surface area contributed by atoms with Crippen LogP contribution in [0.25, 0.3) is 0 Å². The van der Waals surface area contributed by atoms with Gasteiger partial charge in [0.1, 0.15) is 12.4 Å². The number of halogens is 6. The number of carbonyl (C=O) groups is 1. The van der Waals surface area contributed by atoms with Gasteiger partial charge in [0.05, 0.1) is 23.7 Å². The smallest absolute Gasteiger partial charge is 0.417 e. The molecular weight excluding hydrogens is 418 g/mol. The van der Waals surface area contributed by atoms with Crippen LogP contribution in [0.3, 0.4) is 0 Å². The maximum atomic E-state index is 13.0. The lowest BCUT2D eigenvalue weighted by Crippen LogP contribution is -2.17. The SMILES string of the molecule is CCO[C@@H](CC(=O)O)c1ccc(OCc2ccc(C(F)(F)F)c(C(F)(F)F)c2)cc1. The zero-order valence-corrected chi connectivity index (χ0v) is 15.7. The van der Waals surface area contributed by atoms with Crippen molar-refractivity contribution in [3.05, 3.63) is 64.7 Å². The number of rotatable bonds is 8. The molecular formula is C20H18F6O4. The lowest BCUT2D eigenvalue weighted by atomic mass is 10.0. The van der Waals surface area contributed by atoms with Crippen molar-refractivity contribution in [1.82, 2.24) is 0 Å². The van der Waals surface area contributed by atoms with Gasteiger partial charge in [0, 0.05) is 6.61 Å². The molecule has 0 saturated heterocycles. The Hall–Kier alpha value is -2.75. The molecule has 30 heavy (non-hydrogen) atoms. The van der Waals surface area contributed by atoms with Crippen LogP contribution in [0.4, 0.5) is 26.3 Å². The molecule has 1 N–H and O–H groups in total. The molecule has 0 bridgehead atoms. The van der Waals surface area contributed by atoms with E-state index in [4.69, 9.17) is 14.6 Å². The summed E-state index contributed by atoms with van der Waals surface area (Å²) in [6, 6.07) is 7.75. The minimum atomic E-state index is -5.17. The summed E-state index contributed by atoms with van der Waals surface area (Å²) in [6.45, 7) is 1.63. The number of hydrogen-bond acceptors (Lipinski definition) is 3. The molecule has 2 rings (SSSR count). The summed E-state index contributed by atoms with van der Waals surface area (Å²) in [4.78, 5) is 10.9. The van der Waals surface area contributed by atoms with Crippen molar-refractivity contribution >= 4 is 5.97 Å². The second-order valence-electron chi connectivity index (χ2n) is 6.28. The lowest BCUT2D eigenvalue weighted by Gasteiger charge is -2.17. The molecule has 0 aliphatic rings. The third-order valence-electron chi connectivity index (χ3n) is 4.08. The van der Waals surface area contributed by atoms with Gasteiger partial charge in [-0.25, -0.2) is 0 Å². The van der Waals surface area contributed by atoms with Gasteiger partial charge in [-0.05, 0) is 42.3 Å². The van der Waals surface area contributed by atoms with Crippen molar-refractivity contribution in [1.29, 1.82) is 0 Å². The Morgan fingerprint density at radius 3 is 2.07 bits per heavy atom. The highest BCUT2D eigenvalue weighted by molar-refractivity contribution is 5.67. The van der Waals surface area contributed by atoms with E-state index in [2.05, 4.69) is 0 Å². The van der Waals surface area contributed by atoms with Gasteiger partial charge in [-0.2, -0.15) is 26.3 Å². The molecule has 4 nitrogen and oxygen atoms in total. The van der Waals surface area contributed by atoms with Crippen molar-refractivity contribution < 1.29 is 45.7 Å². The average Bonchev–Trinajstić information content (AvgIpc) is 2.64. The molecule has 164 valence electrons. The van der Waals surface area contributed by atoms with Crippen molar-refractivity contribution in [2.75, 3.05) is 6.61 Å². The third-order valence-corrected chi connectivity index (χ3v) is 4.08. The predicted octanol–water partition coefficient (Wildman–Crippen LogP) is 5.86. The van der Waals surface area contributed by atoms with E-state index >= 15 is 0 Å². The van der Waals surface area contributed by atoms with Gasteiger partial charge in [-0.3, -0.25) is 4.79 Å². The summed E-state index contributed by atoms with van der Waals surface area (Å²) in [6.07, 6.45) is -11.2. The number of hydrogen-bond donors (Lipinski definition) is 1. The second-order valence-corrected chi connectivity index (χ2v) is 6.28. The molecule has 1 atom stereocenters. The molecule has 0 radical (unpaired) electrons. The van der Waals surface area contributed by atoms with Crippen LogP contribution in [-0.4, -0.2) is 17.7 Å². The lowest BCUT2D eigenvalue weighted by molar-refractivity contribution is -0.162. The average molecular weight is 436 g/mol. The minimum Gasteiger partial charge on any atom is -0.489 e. The Kier molecular flexibility index (Phi) is 7.35. The molecule has 0 amide bonds. The van der Waals surface area contributed by atoms with Crippen LogP contribution in [-0.2, 0) is 28.5 Å². The van der Waals surface area contributed by atoms with E-state index in [0.717, 1.165) is 6.07 Å². The van der Waals surface area contributed by atoms with E-state index in [1.165, 1.54) is 12.1 Å². The number of carboxylic acids is 1. The molecule has 0 aromatic heterocycles. The topological polar surface area (TPSA) is 55.8 Å². The summed E-state index contributed by atoms with van der Waals surface area (Å²) >= 11 is 0. The second kappa shape index (κ2) is 9.38. The minimum absolute atomic E-state index is 0.0857. The normalized spacial score (nSPS) is 13.2. The van der Waals surface area contributed by atoms with Crippen LogP contribution in [0.1, 0.15) is 41.7 Å². The molecule has 0 saturated carbocycles. The number of ether oxygens (including phenoxy) is 2. The first-order valence-electron chi connectivity index (χ1n) is 8.75. The number of aliphatic carboxylic acids is 1. The van der Waals surface area contributed by atoms with Gasteiger partial charge in [-0.15, -0.1) is 0 Å². The maximum Gasteiger partial charge on any atom is 0.417 e. The Balaban J connectivity index is 2.14. The maximum absolute atomic E-state index is 13.0. The molecule has 0 aliphatic heterocycles. The third kappa shape index (κ3) is 6.38. The van der Waals surface area contributed by atoms with Gasteiger partial charge in [-0.1, -0.05) is 18.2 Å². The number of alkyl halides is 6. The monoisotopic (exact) mass is 436 g/mol. The van der Waals surface area contributed by atoms with Gasteiger partial charge in [0.25, 0.3) is 0 Å². The Morgan fingerprint density at radius 1 is 0.967 bits per heavy atom. The van der Waals surface area contributed by atoms with Crippen molar-refractivity contribution in [3.8, 4) is 5.75 Å². The van der Waals surface area contributed by atoms with Crippen LogP contribution in [0.5, 0.6) is 5.75 Å². The predicted molar refractivity (Wildman–Crippen MR) is 93.8 cm³/mol. The largest absolute Gasteiger partial charge is 0.489 e. The first kappa shape index (κ1) is 23.5. The van der Waals surface area contributed by atoms with Crippen LogP contribution in [0, 0.1) is 0 Å². The zero-order chi connectivity index (χ0) is 22.5. The molecule has 0 aliphatic carbocycles. The Labute approximate surface area is 168 Å². The summed E-state index contributed by atoms with van der Waals surface area (Å²) < 4.78 is 88.2. The fourth-order valence-electron chi connectivity index (χ4n) is 2.74. The van der Waals surface area contributed by atoms with E-state index < -0.39 is 35.6 Å². The van der Waals surface area contributed by atoms with Crippen LogP contribution < -0.4 is 4.74 Å². The van der Waals surface area contributed by atoms with Crippen molar-refractivity contribution in [3.63, 3.8) is 0 Å². The Morgan fingerprint density at radius 2 is 1.57 bits per heavy atom. The zero-order valence-electron chi connectivity index (χ0n) is 15.7. The highest BCUT2D eigenvalue weighted by atomic mass is 19.4. The molecule has 10 heteroatoms. The number of benzene rings is 2.